The minimum absolute atomic E-state index is 0.421. The van der Waals surface area contributed by atoms with Crippen molar-refractivity contribution in [3.63, 3.8) is 0 Å². The standard InChI is InChI=1S/C52H33Cl.C38H25Br.C14H10BClO2/c53-39-29-31-41-36(33-39)27-26-34-32-35(28-30-40(34)41)42-19-13-25-49-50(42)43-18-7-8-20-44(43)52(49)47-23-11-9-21-45(47)51(37-14-3-1-4-15-37,38-16-5-2-6-17-38)46-22-10-12-24-48(46)52;39-35-25-13-24-34-36(35)28-18-7-8-19-29(28)38(34)32-22-11-9-20-30(32)37(26-14-3-1-4-15-26,27-16-5-2-6-17-27)31-21-10-12-23-33(31)38;16-12-4-6-14-10(8-12)2-1-9-7-11(15(17)18)3-5-13(9)14/h1-33H;1-25H;1-8,17-18H. The molecule has 0 heterocycles. The third kappa shape index (κ3) is 9.90. The van der Waals surface area contributed by atoms with Crippen LogP contribution in [0.3, 0.4) is 0 Å². The molecule has 0 aromatic heterocycles. The van der Waals surface area contributed by atoms with Gasteiger partial charge in [-0.1, -0.05) is 403 Å². The third-order valence-corrected chi connectivity index (χ3v) is 25.2. The minimum atomic E-state index is -1.43. The van der Waals surface area contributed by atoms with Crippen molar-refractivity contribution in [1.29, 1.82) is 0 Å². The predicted molar refractivity (Wildman–Crippen MR) is 461 cm³/mol. The molecule has 6 heteroatoms. The molecule has 4 aliphatic rings. The third-order valence-electron chi connectivity index (χ3n) is 24.1. The minimum Gasteiger partial charge on any atom is -0.423 e. The topological polar surface area (TPSA) is 40.5 Å². The number of rotatable bonds is 6. The lowest BCUT2D eigenvalue weighted by Crippen LogP contribution is -2.44. The van der Waals surface area contributed by atoms with Gasteiger partial charge in [0.15, 0.2) is 0 Å². The van der Waals surface area contributed by atoms with Gasteiger partial charge in [-0.25, -0.2) is 0 Å². The van der Waals surface area contributed by atoms with Gasteiger partial charge in [-0.15, -0.1) is 0 Å². The van der Waals surface area contributed by atoms with Crippen LogP contribution in [0.5, 0.6) is 0 Å². The number of hydrogen-bond acceptors (Lipinski definition) is 2. The second-order valence-corrected chi connectivity index (χ2v) is 31.0. The van der Waals surface area contributed by atoms with E-state index in [0.29, 0.717) is 10.5 Å². The van der Waals surface area contributed by atoms with Crippen molar-refractivity contribution in [3.05, 3.63) is 504 Å². The molecule has 0 radical (unpaired) electrons. The largest absolute Gasteiger partial charge is 0.488 e. The highest BCUT2D eigenvalue weighted by Gasteiger charge is 2.59. The van der Waals surface area contributed by atoms with E-state index in [4.69, 9.17) is 23.2 Å². The smallest absolute Gasteiger partial charge is 0.423 e. The van der Waals surface area contributed by atoms with E-state index < -0.39 is 28.8 Å². The Morgan fingerprint density at radius 2 is 0.518 bits per heavy atom. The summed E-state index contributed by atoms with van der Waals surface area (Å²) in [6.07, 6.45) is 0. The van der Waals surface area contributed by atoms with Gasteiger partial charge in [0.05, 0.1) is 21.7 Å². The molecular formula is C104H68BBrCl2O2. The highest BCUT2D eigenvalue weighted by Crippen LogP contribution is 2.68. The summed E-state index contributed by atoms with van der Waals surface area (Å²) < 4.78 is 1.14. The maximum Gasteiger partial charge on any atom is 0.488 e. The SMILES string of the molecule is Brc1cccc2c1-c1ccccc1C21c2ccccc2C(c2ccccc2)(c2ccccc2)c2ccccc21.Clc1ccc2c(ccc3cc(-c4cccc5c4-c4ccccc4C54c5ccccc5C(c5ccccc5)(c5ccccc5)c5ccccc54)ccc32)c1.OB(O)c1ccc2c(ccc3cc(Cl)ccc32)c1. The van der Waals surface area contributed by atoms with Crippen LogP contribution in [0.15, 0.2) is 405 Å². The molecule has 0 saturated heterocycles. The van der Waals surface area contributed by atoms with E-state index in [1.54, 1.807) is 12.1 Å². The fourth-order valence-electron chi connectivity index (χ4n) is 19.9. The Balaban J connectivity index is 0.000000121. The average Bonchev–Trinajstić information content (AvgIpc) is 1.40. The van der Waals surface area contributed by atoms with Crippen LogP contribution in [0.1, 0.15) is 89.0 Å². The average molecular weight is 1510 g/mol. The molecule has 2 spiro atoms. The van der Waals surface area contributed by atoms with Crippen LogP contribution in [0.25, 0.3) is 76.5 Å². The molecule has 0 saturated carbocycles. The summed E-state index contributed by atoms with van der Waals surface area (Å²) >= 11 is 16.3. The van der Waals surface area contributed by atoms with Gasteiger partial charge in [0.1, 0.15) is 0 Å². The molecule has 22 rings (SSSR count). The number of benzene rings is 18. The van der Waals surface area contributed by atoms with E-state index in [9.17, 15) is 10.0 Å². The van der Waals surface area contributed by atoms with Crippen molar-refractivity contribution < 1.29 is 10.0 Å². The molecule has 0 amide bonds. The van der Waals surface area contributed by atoms with Gasteiger partial charge in [0.2, 0.25) is 0 Å². The van der Waals surface area contributed by atoms with Crippen LogP contribution >= 0.6 is 39.1 Å². The van der Waals surface area contributed by atoms with Crippen LogP contribution in [0.2, 0.25) is 10.0 Å². The maximum atomic E-state index is 9.17. The van der Waals surface area contributed by atoms with Gasteiger partial charge in [0, 0.05) is 20.1 Å². The number of hydrogen-bond donors (Lipinski definition) is 2. The quantitative estimate of drug-likeness (QED) is 0.129. The Labute approximate surface area is 658 Å². The summed E-state index contributed by atoms with van der Waals surface area (Å²) in [5, 5.41) is 28.9. The first-order valence-electron chi connectivity index (χ1n) is 37.5. The van der Waals surface area contributed by atoms with Gasteiger partial charge in [-0.05, 0) is 202 Å². The normalized spacial score (nSPS) is 14.2. The van der Waals surface area contributed by atoms with Gasteiger partial charge in [-0.3, -0.25) is 0 Å². The van der Waals surface area contributed by atoms with Crippen LogP contribution in [0, 0.1) is 0 Å². The monoisotopic (exact) mass is 1510 g/mol. The Hall–Kier alpha value is -12.0. The van der Waals surface area contributed by atoms with E-state index in [1.807, 2.05) is 42.5 Å². The summed E-state index contributed by atoms with van der Waals surface area (Å²) in [4.78, 5) is 0. The zero-order chi connectivity index (χ0) is 73.9. The molecule has 0 unspecified atom stereocenters. The van der Waals surface area contributed by atoms with Crippen LogP contribution in [0.4, 0.5) is 0 Å². The first-order chi connectivity index (χ1) is 54.1. The van der Waals surface area contributed by atoms with Crippen LogP contribution in [-0.4, -0.2) is 17.2 Å². The zero-order valence-electron chi connectivity index (χ0n) is 59.7. The Kier molecular flexibility index (Phi) is 16.4. The highest BCUT2D eigenvalue weighted by molar-refractivity contribution is 9.10. The van der Waals surface area contributed by atoms with Crippen molar-refractivity contribution in [2.24, 2.45) is 0 Å². The second-order valence-electron chi connectivity index (χ2n) is 29.3. The van der Waals surface area contributed by atoms with E-state index in [0.717, 1.165) is 36.4 Å². The van der Waals surface area contributed by atoms with Crippen LogP contribution in [-0.2, 0) is 21.7 Å². The highest BCUT2D eigenvalue weighted by atomic mass is 79.9. The molecule has 18 aromatic rings. The van der Waals surface area contributed by atoms with Gasteiger partial charge < -0.3 is 10.0 Å². The van der Waals surface area contributed by atoms with Crippen molar-refractivity contribution in [2.45, 2.75) is 21.7 Å². The summed E-state index contributed by atoms with van der Waals surface area (Å²) in [6, 6.07) is 146. The Morgan fingerprint density at radius 3 is 0.918 bits per heavy atom. The Bertz CT molecular complexity index is 6520. The molecule has 2 N–H and O–H groups in total. The zero-order valence-corrected chi connectivity index (χ0v) is 62.8. The van der Waals surface area contributed by atoms with Gasteiger partial charge >= 0.3 is 7.12 Å². The summed E-state index contributed by atoms with van der Waals surface area (Å²) in [5.74, 6) is 0. The van der Waals surface area contributed by atoms with Crippen molar-refractivity contribution in [2.75, 3.05) is 0 Å². The fraction of sp³-hybridized carbons (Fsp3) is 0.0385. The van der Waals surface area contributed by atoms with E-state index in [1.165, 1.54) is 139 Å². The number of fused-ring (bicyclic) bond motifs is 24. The molecule has 0 aliphatic heterocycles. The molecule has 4 aliphatic carbocycles. The van der Waals surface area contributed by atoms with Crippen LogP contribution < -0.4 is 5.46 Å². The molecule has 2 nitrogen and oxygen atoms in total. The summed E-state index contributed by atoms with van der Waals surface area (Å²) in [5.41, 5.74) is 27.4. The predicted octanol–water partition coefficient (Wildman–Crippen LogP) is 25.2. The lowest BCUT2D eigenvalue weighted by molar-refractivity contribution is 0.426. The van der Waals surface area contributed by atoms with Gasteiger partial charge in [-0.2, -0.15) is 0 Å². The molecule has 18 aromatic carbocycles. The van der Waals surface area contributed by atoms with Crippen molar-refractivity contribution in [3.8, 4) is 33.4 Å². The lowest BCUT2D eigenvalue weighted by Gasteiger charge is -2.50. The molecule has 0 fully saturated rings. The molecule has 0 atom stereocenters. The number of halogens is 3. The maximum absolute atomic E-state index is 9.17. The molecular weight excluding hydrogens is 1440 g/mol. The van der Waals surface area contributed by atoms with Crippen molar-refractivity contribution >= 4 is 94.8 Å². The molecule has 520 valence electrons. The second kappa shape index (κ2) is 26.7. The first kappa shape index (κ1) is 67.4. The van der Waals surface area contributed by atoms with E-state index in [2.05, 4.69) is 362 Å². The first-order valence-corrected chi connectivity index (χ1v) is 39.0. The lowest BCUT2D eigenvalue weighted by atomic mass is 9.51. The summed E-state index contributed by atoms with van der Waals surface area (Å²) in [6.45, 7) is 0. The Morgan fingerprint density at radius 1 is 0.227 bits per heavy atom. The fourth-order valence-corrected chi connectivity index (χ4v) is 20.8. The van der Waals surface area contributed by atoms with Crippen molar-refractivity contribution in [1.82, 2.24) is 0 Å². The van der Waals surface area contributed by atoms with Gasteiger partial charge in [0.25, 0.3) is 0 Å². The summed E-state index contributed by atoms with van der Waals surface area (Å²) in [7, 11) is -1.43. The van der Waals surface area contributed by atoms with E-state index in [-0.39, 0.29) is 0 Å². The molecule has 0 bridgehead atoms. The molecule has 110 heavy (non-hydrogen) atoms. The van der Waals surface area contributed by atoms with E-state index >= 15 is 0 Å².